The van der Waals surface area contributed by atoms with Crippen molar-refractivity contribution in [2.24, 2.45) is 5.92 Å². The molecular formula is C18H32O2. The van der Waals surface area contributed by atoms with E-state index >= 15 is 0 Å². The summed E-state index contributed by atoms with van der Waals surface area (Å²) in [5.41, 5.74) is 0. The number of ether oxygens (including phenoxy) is 2. The second-order valence-electron chi connectivity index (χ2n) is 6.85. The van der Waals surface area contributed by atoms with Crippen LogP contribution in [0.1, 0.15) is 71.6 Å². The van der Waals surface area contributed by atoms with Crippen LogP contribution >= 0.6 is 0 Å². The van der Waals surface area contributed by atoms with Crippen molar-refractivity contribution in [3.8, 4) is 0 Å². The van der Waals surface area contributed by atoms with Gasteiger partial charge < -0.3 is 9.47 Å². The first-order valence-corrected chi connectivity index (χ1v) is 8.67. The molecule has 0 aromatic heterocycles. The summed E-state index contributed by atoms with van der Waals surface area (Å²) in [6, 6.07) is 0. The van der Waals surface area contributed by atoms with Crippen LogP contribution < -0.4 is 0 Å². The number of hydrogen-bond donors (Lipinski definition) is 0. The zero-order chi connectivity index (χ0) is 14.2. The van der Waals surface area contributed by atoms with Gasteiger partial charge in [-0.05, 0) is 25.2 Å². The van der Waals surface area contributed by atoms with E-state index in [1.54, 1.807) is 0 Å². The Bertz CT molecular complexity index is 281. The van der Waals surface area contributed by atoms with Crippen LogP contribution in [0.3, 0.4) is 0 Å². The van der Waals surface area contributed by atoms with Crippen molar-refractivity contribution < 1.29 is 9.47 Å². The van der Waals surface area contributed by atoms with E-state index in [1.807, 2.05) is 0 Å². The molecule has 2 nitrogen and oxygen atoms in total. The summed E-state index contributed by atoms with van der Waals surface area (Å²) in [4.78, 5) is 0. The second kappa shape index (κ2) is 8.84. The fourth-order valence-electron chi connectivity index (χ4n) is 2.75. The van der Waals surface area contributed by atoms with Gasteiger partial charge >= 0.3 is 0 Å². The van der Waals surface area contributed by atoms with Gasteiger partial charge in [-0.1, -0.05) is 58.1 Å². The predicted molar refractivity (Wildman–Crippen MR) is 83.9 cm³/mol. The van der Waals surface area contributed by atoms with Crippen molar-refractivity contribution >= 4 is 0 Å². The zero-order valence-electron chi connectivity index (χ0n) is 13.4. The smallest absolute Gasteiger partial charge is 0.0877 e. The van der Waals surface area contributed by atoms with E-state index in [0.29, 0.717) is 18.3 Å². The molecule has 3 atom stereocenters. The van der Waals surface area contributed by atoms with Gasteiger partial charge in [0.25, 0.3) is 0 Å². The Morgan fingerprint density at radius 1 is 1.00 bits per heavy atom. The lowest BCUT2D eigenvalue weighted by molar-refractivity contribution is 0.332. The van der Waals surface area contributed by atoms with Crippen LogP contribution in [0.4, 0.5) is 0 Å². The van der Waals surface area contributed by atoms with Crippen molar-refractivity contribution in [2.45, 2.75) is 89.9 Å². The number of unbranched alkanes of at least 4 members (excludes halogenated alkanes) is 5. The van der Waals surface area contributed by atoms with E-state index in [0.717, 1.165) is 25.4 Å². The third-order valence-corrected chi connectivity index (χ3v) is 4.27. The molecule has 0 aromatic carbocycles. The minimum Gasteiger partial charge on any atom is -0.373 e. The van der Waals surface area contributed by atoms with Gasteiger partial charge in [0, 0.05) is 6.42 Å². The third kappa shape index (κ3) is 7.44. The Morgan fingerprint density at radius 2 is 1.75 bits per heavy atom. The minimum atomic E-state index is 0.492. The van der Waals surface area contributed by atoms with E-state index in [9.17, 15) is 0 Å². The van der Waals surface area contributed by atoms with E-state index in [-0.39, 0.29) is 0 Å². The molecule has 0 N–H and O–H groups in total. The minimum absolute atomic E-state index is 0.492. The molecule has 0 aliphatic carbocycles. The molecular weight excluding hydrogens is 248 g/mol. The molecule has 2 fully saturated rings. The molecule has 2 aliphatic heterocycles. The van der Waals surface area contributed by atoms with Crippen molar-refractivity contribution in [2.75, 3.05) is 6.61 Å². The van der Waals surface area contributed by atoms with Gasteiger partial charge in [-0.25, -0.2) is 0 Å². The van der Waals surface area contributed by atoms with Gasteiger partial charge in [0.15, 0.2) is 0 Å². The summed E-state index contributed by atoms with van der Waals surface area (Å²) in [5, 5.41) is 0. The maximum atomic E-state index is 5.63. The summed E-state index contributed by atoms with van der Waals surface area (Å²) in [6.07, 6.45) is 18.0. The van der Waals surface area contributed by atoms with E-state index < -0.39 is 0 Å². The first kappa shape index (κ1) is 16.0. The molecule has 116 valence electrons. The average Bonchev–Trinajstić information content (AvgIpc) is 3.31. The van der Waals surface area contributed by atoms with Gasteiger partial charge in [-0.3, -0.25) is 0 Å². The summed E-state index contributed by atoms with van der Waals surface area (Å²) >= 11 is 0. The van der Waals surface area contributed by atoms with Crippen molar-refractivity contribution in [3.63, 3.8) is 0 Å². The average molecular weight is 280 g/mol. The van der Waals surface area contributed by atoms with Crippen molar-refractivity contribution in [1.29, 1.82) is 0 Å². The molecule has 0 aromatic rings. The van der Waals surface area contributed by atoms with Crippen LogP contribution in [-0.2, 0) is 9.47 Å². The molecule has 2 saturated heterocycles. The highest BCUT2D eigenvalue weighted by molar-refractivity contribution is 4.96. The molecule has 0 radical (unpaired) electrons. The molecule has 0 saturated carbocycles. The quantitative estimate of drug-likeness (QED) is 0.289. The number of allylic oxidation sites excluding steroid dienone is 1. The predicted octanol–water partition coefficient (Wildman–Crippen LogP) is 4.88. The van der Waals surface area contributed by atoms with Gasteiger partial charge in [-0.15, -0.1) is 0 Å². The lowest BCUT2D eigenvalue weighted by atomic mass is 10.0. The lowest BCUT2D eigenvalue weighted by Crippen LogP contribution is -1.97. The standard InChI is InChI=1S/C18H32O2/c1-15(2)11-9-7-5-3-4-6-8-10-12-17-18(20-17)13-16-14-19-16/h8,10,15-18H,3-7,9,11-14H2,1-2H3/b10-8-. The molecule has 0 bridgehead atoms. The molecule has 20 heavy (non-hydrogen) atoms. The Hall–Kier alpha value is -0.340. The molecule has 0 spiro atoms. The molecule has 2 heterocycles. The maximum Gasteiger partial charge on any atom is 0.0877 e. The SMILES string of the molecule is CC(C)CCCCCCC/C=C\CC1OC1CC1CO1. The topological polar surface area (TPSA) is 25.1 Å². The summed E-state index contributed by atoms with van der Waals surface area (Å²) in [5.74, 6) is 0.873. The zero-order valence-corrected chi connectivity index (χ0v) is 13.4. The van der Waals surface area contributed by atoms with Crippen molar-refractivity contribution in [1.82, 2.24) is 0 Å². The lowest BCUT2D eigenvalue weighted by Gasteiger charge is -2.03. The first-order chi connectivity index (χ1) is 9.75. The van der Waals surface area contributed by atoms with Crippen LogP contribution in [0.25, 0.3) is 0 Å². The summed E-state index contributed by atoms with van der Waals surface area (Å²) in [7, 11) is 0. The van der Waals surface area contributed by atoms with Crippen LogP contribution in [0.2, 0.25) is 0 Å². The van der Waals surface area contributed by atoms with Crippen LogP contribution in [0, 0.1) is 5.92 Å². The largest absolute Gasteiger partial charge is 0.373 e. The molecule has 0 amide bonds. The Kier molecular flexibility index (Phi) is 7.09. The van der Waals surface area contributed by atoms with Gasteiger partial charge in [0.1, 0.15) is 0 Å². The highest BCUT2D eigenvalue weighted by Crippen LogP contribution is 2.33. The third-order valence-electron chi connectivity index (χ3n) is 4.27. The molecule has 2 heteroatoms. The maximum absolute atomic E-state index is 5.63. The Labute approximate surface area is 124 Å². The highest BCUT2D eigenvalue weighted by Gasteiger charge is 2.42. The number of epoxide rings is 2. The normalized spacial score (nSPS) is 28.4. The second-order valence-corrected chi connectivity index (χ2v) is 6.85. The fraction of sp³-hybridized carbons (Fsp3) is 0.889. The van der Waals surface area contributed by atoms with E-state index in [4.69, 9.17) is 9.47 Å². The first-order valence-electron chi connectivity index (χ1n) is 8.67. The molecule has 3 unspecified atom stereocenters. The Balaban J connectivity index is 1.32. The Morgan fingerprint density at radius 3 is 2.50 bits per heavy atom. The molecule has 2 aliphatic rings. The monoisotopic (exact) mass is 280 g/mol. The number of rotatable bonds is 12. The summed E-state index contributed by atoms with van der Waals surface area (Å²) < 4.78 is 10.8. The van der Waals surface area contributed by atoms with Crippen LogP contribution in [0.5, 0.6) is 0 Å². The molecule has 2 rings (SSSR count). The number of hydrogen-bond acceptors (Lipinski definition) is 2. The van der Waals surface area contributed by atoms with E-state index in [2.05, 4.69) is 26.0 Å². The van der Waals surface area contributed by atoms with E-state index in [1.165, 1.54) is 44.9 Å². The summed E-state index contributed by atoms with van der Waals surface area (Å²) in [6.45, 7) is 5.59. The van der Waals surface area contributed by atoms with Crippen LogP contribution in [-0.4, -0.2) is 24.9 Å². The van der Waals surface area contributed by atoms with Crippen LogP contribution in [0.15, 0.2) is 12.2 Å². The van der Waals surface area contributed by atoms with Gasteiger partial charge in [0.05, 0.1) is 24.9 Å². The highest BCUT2D eigenvalue weighted by atomic mass is 16.6. The van der Waals surface area contributed by atoms with Crippen molar-refractivity contribution in [3.05, 3.63) is 12.2 Å². The van der Waals surface area contributed by atoms with Gasteiger partial charge in [-0.2, -0.15) is 0 Å². The fourth-order valence-corrected chi connectivity index (χ4v) is 2.75. The van der Waals surface area contributed by atoms with Gasteiger partial charge in [0.2, 0.25) is 0 Å².